The van der Waals surface area contributed by atoms with Crippen molar-refractivity contribution < 1.29 is 14.3 Å². The lowest BCUT2D eigenvalue weighted by molar-refractivity contribution is -0.120. The van der Waals surface area contributed by atoms with E-state index < -0.39 is 0 Å². The van der Waals surface area contributed by atoms with E-state index in [1.807, 2.05) is 19.1 Å². The van der Waals surface area contributed by atoms with E-state index in [4.69, 9.17) is 9.72 Å². The number of benzene rings is 1. The number of hydrazine groups is 1. The predicted octanol–water partition coefficient (Wildman–Crippen LogP) is 4.90. The largest absolute Gasteiger partial charge is 0.495 e. The molecular weight excluding hydrogens is 630 g/mol. The fourth-order valence-electron chi connectivity index (χ4n) is 8.71. The van der Waals surface area contributed by atoms with Crippen molar-refractivity contribution in [2.24, 2.45) is 11.8 Å². The highest BCUT2D eigenvalue weighted by Crippen LogP contribution is 2.38. The molecule has 4 fully saturated rings. The second-order valence-electron chi connectivity index (χ2n) is 15.4. The fraction of sp³-hybridized carbons (Fsp3) is 0.684. The van der Waals surface area contributed by atoms with E-state index >= 15 is 0 Å². The number of rotatable bonds is 12. The molecule has 12 nitrogen and oxygen atoms in total. The van der Waals surface area contributed by atoms with Gasteiger partial charge in [-0.1, -0.05) is 19.8 Å². The number of carbonyl (C=O) groups excluding carboxylic acids is 2. The Morgan fingerprint density at radius 3 is 2.42 bits per heavy atom. The molecule has 7 rings (SSSR count). The van der Waals surface area contributed by atoms with Crippen LogP contribution in [0.3, 0.4) is 0 Å². The Balaban J connectivity index is 0.978. The minimum atomic E-state index is -0.337. The van der Waals surface area contributed by atoms with Crippen LogP contribution in [-0.4, -0.2) is 115 Å². The number of nitrogens with zero attached hydrogens (tertiary/aromatic N) is 7. The highest BCUT2D eigenvalue weighted by molar-refractivity contribution is 6.04. The van der Waals surface area contributed by atoms with E-state index in [9.17, 15) is 9.59 Å². The van der Waals surface area contributed by atoms with Crippen LogP contribution in [0.25, 0.3) is 0 Å². The number of hydrogen-bond donors (Lipinski definition) is 2. The van der Waals surface area contributed by atoms with Crippen LogP contribution < -0.4 is 25.3 Å². The summed E-state index contributed by atoms with van der Waals surface area (Å²) in [4.78, 5) is 43.4. The maximum atomic E-state index is 13.4. The van der Waals surface area contributed by atoms with Gasteiger partial charge in [0.1, 0.15) is 17.5 Å². The molecule has 1 unspecified atom stereocenters. The molecule has 0 radical (unpaired) electrons. The second kappa shape index (κ2) is 15.4. The highest BCUT2D eigenvalue weighted by Gasteiger charge is 2.40. The summed E-state index contributed by atoms with van der Waals surface area (Å²) in [6, 6.07) is 5.95. The van der Waals surface area contributed by atoms with Crippen LogP contribution in [0.15, 0.2) is 24.4 Å². The standard InChI is InChI=1S/C38H57N9O3/c1-5-32-37(49)44(3)33-23-39-38(42-35(33)47(32)43(2)24-26-8-6-7-9-26)41-31-17-12-28(22-34(31)50-4)36(48)40-29-13-15-30(16-14-29)46-20-18-45(19-21-46)25-27-10-11-27/h12,17,22-23,26-27,29-30,32H,5-11,13-16,18-21,24-25H2,1-4H3,(H,40,48)(H,39,41,42)/t29-,30-,32?. The van der Waals surface area contributed by atoms with Crippen LogP contribution in [0.1, 0.15) is 87.9 Å². The third-order valence-corrected chi connectivity index (χ3v) is 11.9. The number of hydrogen-bond acceptors (Lipinski definition) is 10. The topological polar surface area (TPSA) is 109 Å². The quantitative estimate of drug-likeness (QED) is 0.320. The molecule has 272 valence electrons. The summed E-state index contributed by atoms with van der Waals surface area (Å²) in [6.45, 7) is 8.99. The maximum Gasteiger partial charge on any atom is 0.251 e. The number of anilines is 4. The molecule has 1 aromatic heterocycles. The summed E-state index contributed by atoms with van der Waals surface area (Å²) in [5.41, 5.74) is 1.92. The van der Waals surface area contributed by atoms with Gasteiger partial charge in [0.2, 0.25) is 5.95 Å². The van der Waals surface area contributed by atoms with Crippen LogP contribution >= 0.6 is 0 Å². The van der Waals surface area contributed by atoms with E-state index in [-0.39, 0.29) is 23.9 Å². The Hall–Kier alpha value is -3.48. The smallest absolute Gasteiger partial charge is 0.251 e. The van der Waals surface area contributed by atoms with E-state index in [1.165, 1.54) is 71.2 Å². The first-order chi connectivity index (χ1) is 24.3. The van der Waals surface area contributed by atoms with E-state index in [2.05, 4.69) is 42.5 Å². The SMILES string of the molecule is CCC1C(=O)N(C)c2cnc(Nc3ccc(C(=O)N[C@H]4CC[C@H](N5CCN(CC6CC6)CC5)CC4)cc3OC)nc2N1N(C)CC1CCCC1. The van der Waals surface area contributed by atoms with Crippen molar-refractivity contribution in [3.05, 3.63) is 30.0 Å². The third kappa shape index (κ3) is 7.72. The van der Waals surface area contributed by atoms with Crippen molar-refractivity contribution in [2.75, 3.05) is 75.7 Å². The minimum absolute atomic E-state index is 0.0450. The molecule has 2 aliphatic heterocycles. The number of amides is 2. The molecular formula is C38H57N9O3. The van der Waals surface area contributed by atoms with Gasteiger partial charge in [-0.2, -0.15) is 4.98 Å². The zero-order chi connectivity index (χ0) is 34.8. The number of nitrogens with one attached hydrogen (secondary N) is 2. The fourth-order valence-corrected chi connectivity index (χ4v) is 8.71. The van der Waals surface area contributed by atoms with Gasteiger partial charge < -0.3 is 25.2 Å². The average molecular weight is 688 g/mol. The van der Waals surface area contributed by atoms with Crippen LogP contribution in [0, 0.1) is 11.8 Å². The van der Waals surface area contributed by atoms with Gasteiger partial charge in [0, 0.05) is 71.0 Å². The first-order valence-corrected chi connectivity index (χ1v) is 19.2. The summed E-state index contributed by atoms with van der Waals surface area (Å²) >= 11 is 0. The van der Waals surface area contributed by atoms with Gasteiger partial charge in [-0.25, -0.2) is 9.99 Å². The van der Waals surface area contributed by atoms with Crippen LogP contribution in [0.2, 0.25) is 0 Å². The zero-order valence-electron chi connectivity index (χ0n) is 30.6. The van der Waals surface area contributed by atoms with E-state index in [0.717, 1.165) is 38.1 Å². The summed E-state index contributed by atoms with van der Waals surface area (Å²) < 4.78 is 5.75. The number of piperazine rings is 1. The Morgan fingerprint density at radius 1 is 1.00 bits per heavy atom. The van der Waals surface area contributed by atoms with Crippen molar-refractivity contribution in [3.8, 4) is 5.75 Å². The minimum Gasteiger partial charge on any atom is -0.495 e. The molecule has 1 atom stereocenters. The van der Waals surface area contributed by atoms with Crippen LogP contribution in [0.4, 0.5) is 23.1 Å². The number of ether oxygens (including phenoxy) is 1. The summed E-state index contributed by atoms with van der Waals surface area (Å²) in [6.07, 6.45) is 14.5. The summed E-state index contributed by atoms with van der Waals surface area (Å²) in [5, 5.41) is 10.9. The van der Waals surface area contributed by atoms with Gasteiger partial charge in [0.05, 0.1) is 19.0 Å². The van der Waals surface area contributed by atoms with Crippen molar-refractivity contribution in [3.63, 3.8) is 0 Å². The average Bonchev–Trinajstić information content (AvgIpc) is 3.81. The van der Waals surface area contributed by atoms with Gasteiger partial charge >= 0.3 is 0 Å². The second-order valence-corrected chi connectivity index (χ2v) is 15.4. The first-order valence-electron chi connectivity index (χ1n) is 19.2. The van der Waals surface area contributed by atoms with Crippen molar-refractivity contribution in [2.45, 2.75) is 95.7 Å². The number of carbonyl (C=O) groups is 2. The van der Waals surface area contributed by atoms with Crippen LogP contribution in [-0.2, 0) is 4.79 Å². The van der Waals surface area contributed by atoms with E-state index in [1.54, 1.807) is 31.3 Å². The maximum absolute atomic E-state index is 13.4. The predicted molar refractivity (Wildman–Crippen MR) is 197 cm³/mol. The number of likely N-dealkylation sites (N-methyl/N-ethyl adjacent to an activating group) is 1. The molecule has 3 heterocycles. The zero-order valence-corrected chi connectivity index (χ0v) is 30.6. The Bertz CT molecular complexity index is 1500. The lowest BCUT2D eigenvalue weighted by Crippen LogP contribution is -2.58. The van der Waals surface area contributed by atoms with Gasteiger partial charge in [0.25, 0.3) is 11.8 Å². The van der Waals surface area contributed by atoms with Crippen LogP contribution in [0.5, 0.6) is 5.75 Å². The number of aromatic nitrogens is 2. The third-order valence-electron chi connectivity index (χ3n) is 11.9. The molecule has 0 bridgehead atoms. The Kier molecular flexibility index (Phi) is 10.8. The lowest BCUT2D eigenvalue weighted by Gasteiger charge is -2.45. The molecule has 12 heteroatoms. The van der Waals surface area contributed by atoms with Gasteiger partial charge in [-0.05, 0) is 87.8 Å². The first kappa shape index (κ1) is 34.9. The molecule has 3 aliphatic carbocycles. The molecule has 5 aliphatic rings. The molecule has 1 aromatic carbocycles. The van der Waals surface area contributed by atoms with Crippen molar-refractivity contribution in [1.29, 1.82) is 0 Å². The molecule has 2 N–H and O–H groups in total. The lowest BCUT2D eigenvalue weighted by atomic mass is 9.89. The molecule has 0 spiro atoms. The summed E-state index contributed by atoms with van der Waals surface area (Å²) in [5.74, 6) is 3.20. The summed E-state index contributed by atoms with van der Waals surface area (Å²) in [7, 11) is 5.47. The molecule has 3 saturated carbocycles. The number of methoxy groups -OCH3 is 1. The number of fused-ring (bicyclic) bond motifs is 1. The van der Waals surface area contributed by atoms with Crippen molar-refractivity contribution in [1.82, 2.24) is 30.1 Å². The van der Waals surface area contributed by atoms with Gasteiger partial charge in [0.15, 0.2) is 5.82 Å². The Labute approximate surface area is 297 Å². The normalized spacial score (nSPS) is 25.2. The van der Waals surface area contributed by atoms with Gasteiger partial charge in [-0.15, -0.1) is 0 Å². The molecule has 2 aromatic rings. The Morgan fingerprint density at radius 2 is 1.74 bits per heavy atom. The molecule has 1 saturated heterocycles. The van der Waals surface area contributed by atoms with Gasteiger partial charge in [-0.3, -0.25) is 19.5 Å². The van der Waals surface area contributed by atoms with Crippen molar-refractivity contribution >= 4 is 35.0 Å². The highest BCUT2D eigenvalue weighted by atomic mass is 16.5. The molecule has 50 heavy (non-hydrogen) atoms. The monoisotopic (exact) mass is 687 g/mol. The van der Waals surface area contributed by atoms with E-state index in [0.29, 0.717) is 52.8 Å². The molecule has 2 amide bonds.